The first-order chi connectivity index (χ1) is 18.9. The summed E-state index contributed by atoms with van der Waals surface area (Å²) in [6.07, 6.45) is 11.1. The molecule has 3 saturated carbocycles. The number of nitrogens with zero attached hydrogens (tertiary/aromatic N) is 4. The molecular weight excluding hydrogens is 482 g/mol. The van der Waals surface area contributed by atoms with Crippen LogP contribution in [0.2, 0.25) is 0 Å². The van der Waals surface area contributed by atoms with E-state index in [4.69, 9.17) is 10.7 Å². The first kappa shape index (κ1) is 23.5. The van der Waals surface area contributed by atoms with E-state index in [1.807, 2.05) is 24.3 Å². The predicted molar refractivity (Wildman–Crippen MR) is 152 cm³/mol. The number of aryl methyl sites for hydroxylation is 1. The van der Waals surface area contributed by atoms with Crippen molar-refractivity contribution < 1.29 is 4.79 Å². The number of benzene rings is 2. The second-order valence-corrected chi connectivity index (χ2v) is 12.7. The molecule has 1 aromatic heterocycles. The molecule has 1 amide bonds. The lowest BCUT2D eigenvalue weighted by atomic mass is 9.77. The van der Waals surface area contributed by atoms with Gasteiger partial charge in [0.25, 0.3) is 5.91 Å². The maximum atomic E-state index is 13.7. The summed E-state index contributed by atoms with van der Waals surface area (Å²) in [6, 6.07) is 13.1. The quantitative estimate of drug-likeness (QED) is 0.470. The smallest absolute Gasteiger partial charge is 0.254 e. The minimum atomic E-state index is -0.346. The summed E-state index contributed by atoms with van der Waals surface area (Å²) < 4.78 is 0. The zero-order chi connectivity index (χ0) is 26.5. The molecule has 0 saturated heterocycles. The molecule has 1 unspecified atom stereocenters. The van der Waals surface area contributed by atoms with Crippen molar-refractivity contribution >= 4 is 17.3 Å². The molecule has 2 aromatic carbocycles. The molecule has 5 aliphatic rings. The standard InChI is InChI=1S/C33H35N5O/c1-18-13-25(18)22-5-3-6-24-29(22)26-15-28(38(2)31(24)39)30-23(26)9-7-20-14-19(8-10-27(20)37-30)21-16-35-32(36-17-21)33(34)11-4-12-33/h3,5-6,8,10,14,16-18,23,25-26,28H,4,7,9,11-13,15,34H2,1-2H3/t18-,23?,25-,26-,28+/m0/s1. The first-order valence-corrected chi connectivity index (χ1v) is 14.6. The van der Waals surface area contributed by atoms with Gasteiger partial charge in [-0.2, -0.15) is 0 Å². The summed E-state index contributed by atoms with van der Waals surface area (Å²) in [5.41, 5.74) is 15.4. The van der Waals surface area contributed by atoms with Crippen LogP contribution in [0.3, 0.4) is 0 Å². The van der Waals surface area contributed by atoms with Gasteiger partial charge in [-0.15, -0.1) is 0 Å². The lowest BCUT2D eigenvalue weighted by molar-refractivity contribution is 0.0776. The van der Waals surface area contributed by atoms with Crippen molar-refractivity contribution in [2.45, 2.75) is 75.3 Å². The second kappa shape index (κ2) is 8.31. The van der Waals surface area contributed by atoms with Crippen LogP contribution in [0.25, 0.3) is 11.1 Å². The SMILES string of the molecule is C[C@H]1C[C@@H]1c1cccc2c1[C@H]1C[C@H](C3=Nc4ccc(-c5cnc(C6(N)CCC6)nc5)cc4CCC31)N(C)C2=O. The van der Waals surface area contributed by atoms with Crippen LogP contribution in [-0.4, -0.2) is 39.6 Å². The van der Waals surface area contributed by atoms with Crippen LogP contribution in [-0.2, 0) is 12.0 Å². The van der Waals surface area contributed by atoms with Crippen LogP contribution in [0.5, 0.6) is 0 Å². The second-order valence-electron chi connectivity index (χ2n) is 12.7. The van der Waals surface area contributed by atoms with Crippen LogP contribution in [0.15, 0.2) is 53.8 Å². The highest BCUT2D eigenvalue weighted by atomic mass is 16.2. The molecule has 39 heavy (non-hydrogen) atoms. The van der Waals surface area contributed by atoms with Gasteiger partial charge < -0.3 is 10.6 Å². The Labute approximate surface area is 229 Å². The highest BCUT2D eigenvalue weighted by Gasteiger charge is 2.50. The lowest BCUT2D eigenvalue weighted by Gasteiger charge is -2.36. The number of rotatable bonds is 3. The molecule has 2 aliphatic heterocycles. The minimum Gasteiger partial charge on any atom is -0.333 e. The molecule has 5 atom stereocenters. The molecule has 6 nitrogen and oxygen atoms in total. The van der Waals surface area contributed by atoms with Gasteiger partial charge in [0.2, 0.25) is 0 Å². The molecule has 2 N–H and O–H groups in total. The molecule has 3 aliphatic carbocycles. The van der Waals surface area contributed by atoms with Crippen LogP contribution in [0.1, 0.15) is 90.2 Å². The number of carbonyl (C=O) groups excluding carboxylic acids is 1. The fourth-order valence-electron chi connectivity index (χ4n) is 7.79. The largest absolute Gasteiger partial charge is 0.333 e. The average Bonchev–Trinajstić information content (AvgIpc) is 3.64. The summed E-state index contributed by atoms with van der Waals surface area (Å²) in [5, 5.41) is 0. The summed E-state index contributed by atoms with van der Waals surface area (Å²) in [4.78, 5) is 30.3. The minimum absolute atomic E-state index is 0.0611. The van der Waals surface area contributed by atoms with Gasteiger partial charge in [-0.3, -0.25) is 9.79 Å². The summed E-state index contributed by atoms with van der Waals surface area (Å²) in [5.74, 6) is 2.92. The molecule has 6 heteroatoms. The fourth-order valence-corrected chi connectivity index (χ4v) is 7.79. The van der Waals surface area contributed by atoms with Crippen LogP contribution >= 0.6 is 0 Å². The Morgan fingerprint density at radius 3 is 2.51 bits per heavy atom. The summed E-state index contributed by atoms with van der Waals surface area (Å²) in [6.45, 7) is 2.33. The van der Waals surface area contributed by atoms with Gasteiger partial charge >= 0.3 is 0 Å². The Kier molecular flexibility index (Phi) is 5.01. The number of amides is 1. The highest BCUT2D eigenvalue weighted by molar-refractivity contribution is 6.06. The maximum absolute atomic E-state index is 13.7. The van der Waals surface area contributed by atoms with E-state index in [1.165, 1.54) is 28.8 Å². The molecule has 8 rings (SSSR count). The third-order valence-corrected chi connectivity index (χ3v) is 10.5. The van der Waals surface area contributed by atoms with Gasteiger partial charge in [-0.25, -0.2) is 9.97 Å². The van der Waals surface area contributed by atoms with E-state index in [2.05, 4.69) is 53.3 Å². The molecule has 3 heterocycles. The molecule has 0 radical (unpaired) electrons. The van der Waals surface area contributed by atoms with Crippen molar-refractivity contribution in [1.29, 1.82) is 0 Å². The van der Waals surface area contributed by atoms with Gasteiger partial charge in [0.05, 0.1) is 17.3 Å². The van der Waals surface area contributed by atoms with Crippen molar-refractivity contribution in [2.75, 3.05) is 7.05 Å². The number of hydrogen-bond acceptors (Lipinski definition) is 5. The number of aliphatic imine (C=N–C) groups is 1. The first-order valence-electron chi connectivity index (χ1n) is 14.6. The third kappa shape index (κ3) is 3.50. The topological polar surface area (TPSA) is 84.5 Å². The van der Waals surface area contributed by atoms with E-state index >= 15 is 0 Å². The van der Waals surface area contributed by atoms with E-state index in [1.54, 1.807) is 0 Å². The zero-order valence-corrected chi connectivity index (χ0v) is 22.7. The van der Waals surface area contributed by atoms with Gasteiger partial charge in [0.15, 0.2) is 0 Å². The molecule has 3 aromatic rings. The molecule has 3 fully saturated rings. The highest BCUT2D eigenvalue weighted by Crippen LogP contribution is 2.55. The maximum Gasteiger partial charge on any atom is 0.254 e. The summed E-state index contributed by atoms with van der Waals surface area (Å²) in [7, 11) is 1.98. The Hall–Kier alpha value is -3.38. The third-order valence-electron chi connectivity index (χ3n) is 10.5. The van der Waals surface area contributed by atoms with Crippen molar-refractivity contribution in [1.82, 2.24) is 14.9 Å². The van der Waals surface area contributed by atoms with Crippen LogP contribution in [0.4, 0.5) is 5.69 Å². The van der Waals surface area contributed by atoms with E-state index in [9.17, 15) is 4.79 Å². The molecule has 198 valence electrons. The zero-order valence-electron chi connectivity index (χ0n) is 22.7. The number of carbonyl (C=O) groups is 1. The van der Waals surface area contributed by atoms with Crippen LogP contribution < -0.4 is 5.73 Å². The monoisotopic (exact) mass is 517 g/mol. The Morgan fingerprint density at radius 2 is 1.79 bits per heavy atom. The lowest BCUT2D eigenvalue weighted by Crippen LogP contribution is -2.44. The normalized spacial score (nSPS) is 29.8. The molecular formula is C33H35N5O. The fraction of sp³-hybridized carbons (Fsp3) is 0.455. The number of aromatic nitrogens is 2. The van der Waals surface area contributed by atoms with E-state index in [-0.39, 0.29) is 17.5 Å². The van der Waals surface area contributed by atoms with Gasteiger partial charge in [0.1, 0.15) is 5.82 Å². The van der Waals surface area contributed by atoms with Crippen molar-refractivity contribution in [3.05, 3.63) is 76.9 Å². The van der Waals surface area contributed by atoms with Crippen LogP contribution in [0, 0.1) is 11.8 Å². The van der Waals surface area contributed by atoms with Gasteiger partial charge in [-0.1, -0.05) is 25.1 Å². The van der Waals surface area contributed by atoms with E-state index < -0.39 is 0 Å². The predicted octanol–water partition coefficient (Wildman–Crippen LogP) is 5.88. The molecule has 2 bridgehead atoms. The van der Waals surface area contributed by atoms with Gasteiger partial charge in [-0.05, 0) is 103 Å². The van der Waals surface area contributed by atoms with Gasteiger partial charge in [0, 0.05) is 42.2 Å². The number of nitrogens with two attached hydrogens (primary N) is 1. The van der Waals surface area contributed by atoms with E-state index in [0.29, 0.717) is 23.7 Å². The Bertz CT molecular complexity index is 1540. The van der Waals surface area contributed by atoms with Crippen molar-refractivity contribution in [3.8, 4) is 11.1 Å². The van der Waals surface area contributed by atoms with Crippen molar-refractivity contribution in [2.24, 2.45) is 22.6 Å². The Balaban J connectivity index is 1.15. The molecule has 0 spiro atoms. The summed E-state index contributed by atoms with van der Waals surface area (Å²) >= 11 is 0. The average molecular weight is 518 g/mol. The van der Waals surface area contributed by atoms with Crippen molar-refractivity contribution in [3.63, 3.8) is 0 Å². The number of fused-ring (bicyclic) bond motifs is 8. The Morgan fingerprint density at radius 1 is 1.00 bits per heavy atom. The number of hydrogen-bond donors (Lipinski definition) is 1. The van der Waals surface area contributed by atoms with E-state index in [0.717, 1.165) is 66.7 Å².